The third-order valence-corrected chi connectivity index (χ3v) is 3.17. The highest BCUT2D eigenvalue weighted by molar-refractivity contribution is 9.10. The van der Waals surface area contributed by atoms with Crippen LogP contribution in [0.1, 0.15) is 5.56 Å². The van der Waals surface area contributed by atoms with Crippen LogP contribution in [-0.2, 0) is 9.59 Å². The molecule has 0 aliphatic rings. The fraction of sp³-hybridized carbons (Fsp3) is 0.0833. The molecule has 20 heavy (non-hydrogen) atoms. The zero-order chi connectivity index (χ0) is 15.3. The van der Waals surface area contributed by atoms with Crippen molar-refractivity contribution in [3.8, 4) is 0 Å². The number of hydrogen-bond donors (Lipinski definition) is 3. The van der Waals surface area contributed by atoms with Gasteiger partial charge in [0.05, 0.1) is 5.69 Å². The van der Waals surface area contributed by atoms with Gasteiger partial charge in [-0.3, -0.25) is 10.1 Å². The van der Waals surface area contributed by atoms with Crippen molar-refractivity contribution in [1.29, 1.82) is 0 Å². The Morgan fingerprint density at radius 2 is 1.95 bits per heavy atom. The molecule has 6 nitrogen and oxygen atoms in total. The maximum absolute atomic E-state index is 11.5. The summed E-state index contributed by atoms with van der Waals surface area (Å²) in [6.07, 6.45) is 1.36. The molecule has 0 fully saturated rings. The van der Waals surface area contributed by atoms with E-state index in [2.05, 4.69) is 21.2 Å². The predicted octanol–water partition coefficient (Wildman–Crippen LogP) is 2.70. The first-order valence-electron chi connectivity index (χ1n) is 5.28. The van der Waals surface area contributed by atoms with Gasteiger partial charge < -0.3 is 10.4 Å². The summed E-state index contributed by atoms with van der Waals surface area (Å²) in [5.41, 5.74) is 1.21. The van der Waals surface area contributed by atoms with Crippen LogP contribution in [0.15, 0.2) is 28.8 Å². The number of anilines is 1. The van der Waals surface area contributed by atoms with Crippen molar-refractivity contribution in [2.75, 3.05) is 5.32 Å². The number of benzene rings is 1. The van der Waals surface area contributed by atoms with Crippen LogP contribution in [0, 0.1) is 6.92 Å². The van der Waals surface area contributed by atoms with Gasteiger partial charge in [-0.15, -0.1) is 0 Å². The highest BCUT2D eigenvalue weighted by Crippen LogP contribution is 2.28. The highest BCUT2D eigenvalue weighted by Gasteiger charge is 2.09. The van der Waals surface area contributed by atoms with Crippen molar-refractivity contribution < 1.29 is 19.5 Å². The van der Waals surface area contributed by atoms with E-state index in [1.165, 1.54) is 6.07 Å². The van der Waals surface area contributed by atoms with E-state index in [0.717, 1.165) is 11.6 Å². The van der Waals surface area contributed by atoms with Gasteiger partial charge >= 0.3 is 12.0 Å². The molecule has 0 aliphatic heterocycles. The fourth-order valence-corrected chi connectivity index (χ4v) is 1.92. The van der Waals surface area contributed by atoms with Crippen molar-refractivity contribution in [1.82, 2.24) is 5.32 Å². The van der Waals surface area contributed by atoms with E-state index >= 15 is 0 Å². The van der Waals surface area contributed by atoms with E-state index in [1.807, 2.05) is 5.32 Å². The zero-order valence-corrected chi connectivity index (χ0v) is 12.6. The summed E-state index contributed by atoms with van der Waals surface area (Å²) in [7, 11) is 0. The molecule has 0 aliphatic carbocycles. The van der Waals surface area contributed by atoms with Gasteiger partial charge in [-0.25, -0.2) is 9.59 Å². The number of carboxylic acid groups (broad SMARTS) is 1. The number of hydrogen-bond acceptors (Lipinski definition) is 3. The Labute approximate surface area is 127 Å². The second-order valence-electron chi connectivity index (χ2n) is 3.70. The average Bonchev–Trinajstić information content (AvgIpc) is 2.33. The number of carbonyl (C=O) groups excluding carboxylic acids is 2. The summed E-state index contributed by atoms with van der Waals surface area (Å²) in [5, 5.41) is 13.2. The Morgan fingerprint density at radius 1 is 1.30 bits per heavy atom. The van der Waals surface area contributed by atoms with Crippen molar-refractivity contribution in [2.24, 2.45) is 0 Å². The quantitative estimate of drug-likeness (QED) is 0.721. The number of amides is 3. The first-order chi connectivity index (χ1) is 9.29. The molecule has 0 unspecified atom stereocenters. The van der Waals surface area contributed by atoms with Crippen LogP contribution in [0.3, 0.4) is 0 Å². The normalized spacial score (nSPS) is 10.3. The van der Waals surface area contributed by atoms with E-state index in [1.54, 1.807) is 13.0 Å². The maximum atomic E-state index is 11.5. The molecule has 3 amide bonds. The minimum absolute atomic E-state index is 0.383. The van der Waals surface area contributed by atoms with Gasteiger partial charge in [0.2, 0.25) is 0 Å². The van der Waals surface area contributed by atoms with Crippen molar-refractivity contribution >= 4 is 51.1 Å². The molecule has 0 bridgehead atoms. The van der Waals surface area contributed by atoms with E-state index in [0.29, 0.717) is 21.3 Å². The number of rotatable bonds is 3. The van der Waals surface area contributed by atoms with Crippen molar-refractivity contribution in [2.45, 2.75) is 6.92 Å². The van der Waals surface area contributed by atoms with Crippen LogP contribution in [0.5, 0.6) is 0 Å². The van der Waals surface area contributed by atoms with Crippen LogP contribution in [0.2, 0.25) is 5.02 Å². The largest absolute Gasteiger partial charge is 0.478 e. The Bertz CT molecular complexity index is 601. The van der Waals surface area contributed by atoms with Crippen LogP contribution in [0.4, 0.5) is 10.5 Å². The summed E-state index contributed by atoms with van der Waals surface area (Å²) in [5.74, 6) is -2.13. The second kappa shape index (κ2) is 7.06. The van der Waals surface area contributed by atoms with Gasteiger partial charge in [0.1, 0.15) is 0 Å². The number of carboxylic acids is 1. The predicted molar refractivity (Wildman–Crippen MR) is 77.8 cm³/mol. The fourth-order valence-electron chi connectivity index (χ4n) is 1.20. The Kier molecular flexibility index (Phi) is 5.72. The number of halogens is 2. The first-order valence-corrected chi connectivity index (χ1v) is 6.45. The minimum Gasteiger partial charge on any atom is -0.478 e. The minimum atomic E-state index is -1.28. The first kappa shape index (κ1) is 16.2. The number of nitrogens with one attached hydrogen (secondary N) is 2. The average molecular weight is 362 g/mol. The van der Waals surface area contributed by atoms with Crippen molar-refractivity contribution in [3.63, 3.8) is 0 Å². The van der Waals surface area contributed by atoms with Crippen LogP contribution >= 0.6 is 27.5 Å². The van der Waals surface area contributed by atoms with Gasteiger partial charge in [-0.05, 0) is 40.5 Å². The molecule has 8 heteroatoms. The third kappa shape index (κ3) is 5.02. The SMILES string of the molecule is Cc1cc(Br)c(NC(=O)NC(=O)/C=C/C(=O)O)cc1Cl. The summed E-state index contributed by atoms with van der Waals surface area (Å²) in [6.45, 7) is 1.80. The van der Waals surface area contributed by atoms with Gasteiger partial charge in [0, 0.05) is 21.6 Å². The summed E-state index contributed by atoms with van der Waals surface area (Å²) < 4.78 is 0.600. The Balaban J connectivity index is 2.70. The monoisotopic (exact) mass is 360 g/mol. The van der Waals surface area contributed by atoms with Crippen LogP contribution < -0.4 is 10.6 Å². The molecule has 0 spiro atoms. The van der Waals surface area contributed by atoms with Gasteiger partial charge in [0.25, 0.3) is 5.91 Å². The summed E-state index contributed by atoms with van der Waals surface area (Å²) >= 11 is 9.17. The molecule has 1 aromatic carbocycles. The molecular formula is C12H10BrClN2O4. The molecule has 0 radical (unpaired) electrons. The van der Waals surface area contributed by atoms with E-state index < -0.39 is 17.9 Å². The number of imide groups is 1. The Morgan fingerprint density at radius 3 is 2.55 bits per heavy atom. The molecule has 0 atom stereocenters. The highest BCUT2D eigenvalue weighted by atomic mass is 79.9. The molecule has 3 N–H and O–H groups in total. The number of urea groups is 1. The lowest BCUT2D eigenvalue weighted by Crippen LogP contribution is -2.33. The molecule has 106 valence electrons. The van der Waals surface area contributed by atoms with E-state index in [4.69, 9.17) is 16.7 Å². The van der Waals surface area contributed by atoms with Gasteiger partial charge in [0.15, 0.2) is 0 Å². The molecule has 0 aromatic heterocycles. The van der Waals surface area contributed by atoms with Crippen LogP contribution in [0.25, 0.3) is 0 Å². The van der Waals surface area contributed by atoms with Crippen molar-refractivity contribution in [3.05, 3.63) is 39.3 Å². The topological polar surface area (TPSA) is 95.5 Å². The molecular weight excluding hydrogens is 351 g/mol. The van der Waals surface area contributed by atoms with E-state index in [-0.39, 0.29) is 0 Å². The molecule has 0 saturated carbocycles. The molecule has 0 saturated heterocycles. The number of aryl methyl sites for hydroxylation is 1. The summed E-state index contributed by atoms with van der Waals surface area (Å²) in [6, 6.07) is 2.44. The lowest BCUT2D eigenvalue weighted by molar-refractivity contribution is -0.131. The summed E-state index contributed by atoms with van der Waals surface area (Å²) in [4.78, 5) is 32.9. The lowest BCUT2D eigenvalue weighted by Gasteiger charge is -2.09. The Hall–Kier alpha value is -1.86. The van der Waals surface area contributed by atoms with Gasteiger partial charge in [-0.2, -0.15) is 0 Å². The molecule has 1 rings (SSSR count). The molecule has 0 heterocycles. The van der Waals surface area contributed by atoms with E-state index in [9.17, 15) is 14.4 Å². The van der Waals surface area contributed by atoms with Crippen LogP contribution in [-0.4, -0.2) is 23.0 Å². The van der Waals surface area contributed by atoms with Gasteiger partial charge in [-0.1, -0.05) is 11.6 Å². The number of carbonyl (C=O) groups is 3. The number of aliphatic carboxylic acids is 1. The smallest absolute Gasteiger partial charge is 0.328 e. The molecule has 1 aromatic rings. The zero-order valence-electron chi connectivity index (χ0n) is 10.2. The third-order valence-electron chi connectivity index (χ3n) is 2.11. The standard InChI is InChI=1S/C12H10BrClN2O4/c1-6-4-7(13)9(5-8(6)14)15-12(20)16-10(17)2-3-11(18)19/h2-5H,1H3,(H,18,19)(H2,15,16,17,20)/b3-2+. The lowest BCUT2D eigenvalue weighted by atomic mass is 10.2. The maximum Gasteiger partial charge on any atom is 0.328 e. The second-order valence-corrected chi connectivity index (χ2v) is 4.96.